The maximum Gasteiger partial charge on any atom is 0.335 e. The molecule has 4 heterocycles. The van der Waals surface area contributed by atoms with Gasteiger partial charge in [-0.3, -0.25) is 9.78 Å². The van der Waals surface area contributed by atoms with Gasteiger partial charge in [0, 0.05) is 43.0 Å². The summed E-state index contributed by atoms with van der Waals surface area (Å²) in [6.45, 7) is 1.33. The van der Waals surface area contributed by atoms with E-state index >= 15 is 8.78 Å². The molecule has 238 valence electrons. The van der Waals surface area contributed by atoms with E-state index in [1.807, 2.05) is 10.6 Å². The molecule has 1 unspecified atom stereocenters. The average molecular weight is 639 g/mol. The van der Waals surface area contributed by atoms with Crippen LogP contribution in [0.2, 0.25) is 0 Å². The second-order valence-electron chi connectivity index (χ2n) is 10.9. The van der Waals surface area contributed by atoms with Crippen LogP contribution in [-0.2, 0) is 24.3 Å². The number of amides is 1. The predicted molar refractivity (Wildman–Crippen MR) is 165 cm³/mol. The van der Waals surface area contributed by atoms with E-state index in [9.17, 15) is 14.7 Å². The number of aromatic carboxylic acids is 1. The van der Waals surface area contributed by atoms with Gasteiger partial charge in [0.25, 0.3) is 5.91 Å². The number of pyridine rings is 2. The number of nitriles is 1. The molecule has 0 aliphatic carbocycles. The lowest BCUT2D eigenvalue weighted by atomic mass is 10.0. The quantitative estimate of drug-likeness (QED) is 0.178. The number of halogens is 2. The molecule has 1 aliphatic heterocycles. The predicted octanol–water partition coefficient (Wildman–Crippen LogP) is 5.07. The number of hydrogen-bond acceptors (Lipinski definition) is 8. The van der Waals surface area contributed by atoms with E-state index in [2.05, 4.69) is 20.3 Å². The lowest BCUT2D eigenvalue weighted by Crippen LogP contribution is -2.31. The number of carbonyl (C=O) groups excluding carboxylic acids is 1. The SMILES string of the molecule is N#CCCNC(=O)c1ccc(COc2cccc(-c3cc(F)c(Cc4nc5ccc(C(=O)O)cc5n4CC4CCO4)cc3F)n2)cn1. The molecular weight excluding hydrogens is 610 g/mol. The van der Waals surface area contributed by atoms with Crippen molar-refractivity contribution >= 4 is 22.9 Å². The lowest BCUT2D eigenvalue weighted by molar-refractivity contribution is -0.0589. The molecule has 47 heavy (non-hydrogen) atoms. The molecule has 6 rings (SSSR count). The third kappa shape index (κ3) is 7.08. The maximum absolute atomic E-state index is 15.5. The first-order valence-electron chi connectivity index (χ1n) is 14.8. The number of imidazole rings is 1. The Morgan fingerprint density at radius 1 is 1.11 bits per heavy atom. The van der Waals surface area contributed by atoms with Crippen molar-refractivity contribution in [2.75, 3.05) is 13.2 Å². The fourth-order valence-electron chi connectivity index (χ4n) is 5.14. The van der Waals surface area contributed by atoms with Gasteiger partial charge < -0.3 is 24.5 Å². The van der Waals surface area contributed by atoms with Gasteiger partial charge in [-0.15, -0.1) is 0 Å². The second kappa shape index (κ2) is 13.7. The number of benzene rings is 2. The average Bonchev–Trinajstić information content (AvgIpc) is 3.39. The summed E-state index contributed by atoms with van der Waals surface area (Å²) in [6.07, 6.45) is 2.40. The summed E-state index contributed by atoms with van der Waals surface area (Å²) in [6, 6.07) is 16.7. The van der Waals surface area contributed by atoms with E-state index in [4.69, 9.17) is 14.7 Å². The van der Waals surface area contributed by atoms with Gasteiger partial charge in [0.05, 0.1) is 47.4 Å². The second-order valence-corrected chi connectivity index (χ2v) is 10.9. The van der Waals surface area contributed by atoms with Crippen molar-refractivity contribution in [1.29, 1.82) is 5.26 Å². The van der Waals surface area contributed by atoms with Crippen molar-refractivity contribution < 1.29 is 33.0 Å². The number of fused-ring (bicyclic) bond motifs is 1. The van der Waals surface area contributed by atoms with Gasteiger partial charge in [-0.25, -0.2) is 23.5 Å². The zero-order chi connectivity index (χ0) is 32.9. The zero-order valence-electron chi connectivity index (χ0n) is 25.0. The first kappa shape index (κ1) is 31.3. The number of ether oxygens (including phenoxy) is 2. The number of carboxylic acid groups (broad SMARTS) is 1. The van der Waals surface area contributed by atoms with Crippen LogP contribution in [0.5, 0.6) is 5.88 Å². The zero-order valence-corrected chi connectivity index (χ0v) is 25.0. The fourth-order valence-corrected chi connectivity index (χ4v) is 5.14. The van der Waals surface area contributed by atoms with E-state index in [1.54, 1.807) is 30.3 Å². The normalized spacial score (nSPS) is 13.9. The van der Waals surface area contributed by atoms with Crippen LogP contribution in [0.3, 0.4) is 0 Å². The summed E-state index contributed by atoms with van der Waals surface area (Å²) >= 11 is 0. The molecule has 1 saturated heterocycles. The Morgan fingerprint density at radius 3 is 2.68 bits per heavy atom. The summed E-state index contributed by atoms with van der Waals surface area (Å²) in [5, 5.41) is 20.7. The molecule has 11 nitrogen and oxygen atoms in total. The number of carboxylic acids is 1. The van der Waals surface area contributed by atoms with Gasteiger partial charge in [-0.2, -0.15) is 5.26 Å². The van der Waals surface area contributed by atoms with Crippen LogP contribution in [0.25, 0.3) is 22.3 Å². The summed E-state index contributed by atoms with van der Waals surface area (Å²) in [5.74, 6) is -2.16. The van der Waals surface area contributed by atoms with Crippen molar-refractivity contribution in [3.63, 3.8) is 0 Å². The van der Waals surface area contributed by atoms with E-state index < -0.39 is 23.5 Å². The molecule has 1 aliphatic rings. The molecular formula is C34H28F2N6O5. The molecule has 2 aromatic carbocycles. The van der Waals surface area contributed by atoms with Crippen LogP contribution in [0.4, 0.5) is 8.78 Å². The van der Waals surface area contributed by atoms with Crippen molar-refractivity contribution in [2.45, 2.75) is 38.5 Å². The highest BCUT2D eigenvalue weighted by atomic mass is 19.1. The number of rotatable bonds is 12. The van der Waals surface area contributed by atoms with Gasteiger partial charge in [0.2, 0.25) is 5.88 Å². The Morgan fingerprint density at radius 2 is 1.96 bits per heavy atom. The minimum absolute atomic E-state index is 0.0300. The van der Waals surface area contributed by atoms with E-state index in [0.717, 1.165) is 18.6 Å². The number of nitrogens with one attached hydrogen (secondary N) is 1. The fraction of sp³-hybridized carbons (Fsp3) is 0.235. The molecule has 0 spiro atoms. The Hall–Kier alpha value is -5.74. The lowest BCUT2D eigenvalue weighted by Gasteiger charge is -2.27. The van der Waals surface area contributed by atoms with E-state index in [0.29, 0.717) is 35.6 Å². The van der Waals surface area contributed by atoms with Gasteiger partial charge in [-0.05, 0) is 54.4 Å². The smallest absolute Gasteiger partial charge is 0.335 e. The van der Waals surface area contributed by atoms with Gasteiger partial charge in [0.15, 0.2) is 0 Å². The van der Waals surface area contributed by atoms with Crippen LogP contribution < -0.4 is 10.1 Å². The maximum atomic E-state index is 15.5. The summed E-state index contributed by atoms with van der Waals surface area (Å²) < 4.78 is 44.2. The topological polar surface area (TPSA) is 152 Å². The monoisotopic (exact) mass is 638 g/mol. The standard InChI is InChI=1S/C34H28F2N6O5/c35-25-16-24(27-3-1-4-32(41-27)47-19-20-5-7-29(39-17-20)33(43)38-11-2-10-37)26(36)13-22(25)15-31-40-28-8-6-21(34(44)45)14-30(28)42(31)18-23-9-12-46-23/h1,3-8,13-14,16-17,23H,2,9,11-12,15,18-19H2,(H,38,43)(H,44,45). The van der Waals surface area contributed by atoms with Crippen molar-refractivity contribution in [2.24, 2.45) is 0 Å². The molecule has 0 radical (unpaired) electrons. The minimum atomic E-state index is -1.07. The molecule has 1 fully saturated rings. The van der Waals surface area contributed by atoms with Crippen LogP contribution in [0.1, 0.15) is 50.6 Å². The third-order valence-corrected chi connectivity index (χ3v) is 7.70. The molecule has 0 bridgehead atoms. The van der Waals surface area contributed by atoms with Crippen molar-refractivity contribution in [3.05, 3.63) is 107 Å². The van der Waals surface area contributed by atoms with Crippen LogP contribution in [0, 0.1) is 23.0 Å². The molecule has 13 heteroatoms. The minimum Gasteiger partial charge on any atom is -0.478 e. The number of carbonyl (C=O) groups is 2. The van der Waals surface area contributed by atoms with Gasteiger partial charge in [0.1, 0.15) is 29.8 Å². The molecule has 3 aromatic heterocycles. The van der Waals surface area contributed by atoms with Gasteiger partial charge >= 0.3 is 5.97 Å². The van der Waals surface area contributed by atoms with Gasteiger partial charge in [-0.1, -0.05) is 12.1 Å². The highest BCUT2D eigenvalue weighted by Crippen LogP contribution is 2.29. The largest absolute Gasteiger partial charge is 0.478 e. The summed E-state index contributed by atoms with van der Waals surface area (Å²) in [5.41, 5.74) is 2.29. The number of aromatic nitrogens is 4. The van der Waals surface area contributed by atoms with Crippen molar-refractivity contribution in [1.82, 2.24) is 24.8 Å². The summed E-state index contributed by atoms with van der Waals surface area (Å²) in [4.78, 5) is 36.8. The molecule has 0 saturated carbocycles. The number of nitrogens with zero attached hydrogens (tertiary/aromatic N) is 5. The third-order valence-electron chi connectivity index (χ3n) is 7.70. The molecule has 5 aromatic rings. The van der Waals surface area contributed by atoms with Crippen LogP contribution in [0.15, 0.2) is 66.9 Å². The van der Waals surface area contributed by atoms with Crippen LogP contribution >= 0.6 is 0 Å². The number of hydrogen-bond donors (Lipinski definition) is 2. The first-order valence-corrected chi connectivity index (χ1v) is 14.8. The summed E-state index contributed by atoms with van der Waals surface area (Å²) in [7, 11) is 0. The molecule has 1 amide bonds. The molecule has 2 N–H and O–H groups in total. The van der Waals surface area contributed by atoms with E-state index in [1.165, 1.54) is 24.4 Å². The Kier molecular flexibility index (Phi) is 9.12. The Labute approximate surface area is 267 Å². The highest BCUT2D eigenvalue weighted by Gasteiger charge is 2.24. The highest BCUT2D eigenvalue weighted by molar-refractivity contribution is 5.93. The Bertz CT molecular complexity index is 2000. The molecule has 1 atom stereocenters. The Balaban J connectivity index is 1.18. The van der Waals surface area contributed by atoms with Crippen LogP contribution in [-0.4, -0.2) is 55.8 Å². The van der Waals surface area contributed by atoms with Crippen molar-refractivity contribution in [3.8, 4) is 23.2 Å². The van der Waals surface area contributed by atoms with E-state index in [-0.39, 0.29) is 66.1 Å². The first-order chi connectivity index (χ1) is 22.8.